The highest BCUT2D eigenvalue weighted by atomic mass is 32.1. The second-order valence-corrected chi connectivity index (χ2v) is 7.36. The van der Waals surface area contributed by atoms with Crippen molar-refractivity contribution in [3.05, 3.63) is 83.7 Å². The van der Waals surface area contributed by atoms with Crippen molar-refractivity contribution in [2.45, 2.75) is 0 Å². The lowest BCUT2D eigenvalue weighted by Crippen LogP contribution is -2.13. The average molecular weight is 433 g/mol. The van der Waals surface area contributed by atoms with Crippen molar-refractivity contribution in [3.63, 3.8) is 0 Å². The highest BCUT2D eigenvalue weighted by Crippen LogP contribution is 2.30. The van der Waals surface area contributed by atoms with Gasteiger partial charge in [-0.1, -0.05) is 18.2 Å². The van der Waals surface area contributed by atoms with Gasteiger partial charge in [-0.05, 0) is 54.6 Å². The Hall–Kier alpha value is -3.84. The molecule has 0 aliphatic carbocycles. The van der Waals surface area contributed by atoms with Gasteiger partial charge >= 0.3 is 0 Å². The van der Waals surface area contributed by atoms with Crippen LogP contribution in [0.25, 0.3) is 11.3 Å². The predicted octanol–water partition coefficient (Wildman–Crippen LogP) is 5.87. The summed E-state index contributed by atoms with van der Waals surface area (Å²) < 4.78 is 16.3. The number of hydrogen-bond acceptors (Lipinski definition) is 6. The van der Waals surface area contributed by atoms with E-state index < -0.39 is 0 Å². The number of ether oxygens (including phenoxy) is 3. The highest BCUT2D eigenvalue weighted by Gasteiger charge is 2.16. The number of nitrogens with one attached hydrogen (secondary N) is 1. The monoisotopic (exact) mass is 432 g/mol. The summed E-state index contributed by atoms with van der Waals surface area (Å²) >= 11 is 1.35. The number of nitrogens with zero attached hydrogens (tertiary/aromatic N) is 1. The zero-order chi connectivity index (χ0) is 21.6. The number of thiazole rings is 1. The molecule has 156 valence electrons. The first-order valence-corrected chi connectivity index (χ1v) is 10.4. The lowest BCUT2D eigenvalue weighted by Gasteiger charge is -2.09. The van der Waals surface area contributed by atoms with Gasteiger partial charge < -0.3 is 14.2 Å². The summed E-state index contributed by atoms with van der Waals surface area (Å²) in [7, 11) is 3.07. The van der Waals surface area contributed by atoms with E-state index >= 15 is 0 Å². The smallest absolute Gasteiger partial charge is 0.261 e. The summed E-state index contributed by atoms with van der Waals surface area (Å²) in [6.07, 6.45) is 0. The minimum absolute atomic E-state index is 0.316. The number of hydrogen-bond donors (Lipinski definition) is 1. The maximum Gasteiger partial charge on any atom is 0.261 e. The fourth-order valence-corrected chi connectivity index (χ4v) is 3.65. The molecule has 6 nitrogen and oxygen atoms in total. The molecule has 7 heteroatoms. The number of para-hydroxylation sites is 1. The minimum Gasteiger partial charge on any atom is -0.497 e. The van der Waals surface area contributed by atoms with Crippen molar-refractivity contribution in [2.24, 2.45) is 0 Å². The first-order chi connectivity index (χ1) is 15.2. The standard InChI is InChI=1S/C24H20N2O4S/c1-28-19-12-13-22(29-2)20(14-19)23(27)26-24-25-21(15-31-24)16-8-10-18(11-9-16)30-17-6-4-3-5-7-17/h3-15H,1-2H3,(H,25,26,27). The Labute approximate surface area is 184 Å². The van der Waals surface area contributed by atoms with Crippen molar-refractivity contribution in [1.82, 2.24) is 4.98 Å². The Kier molecular flexibility index (Phi) is 6.14. The van der Waals surface area contributed by atoms with Crippen LogP contribution < -0.4 is 19.5 Å². The number of carbonyl (C=O) groups excluding carboxylic acids is 1. The topological polar surface area (TPSA) is 69.7 Å². The third-order valence-corrected chi connectivity index (χ3v) is 5.26. The molecule has 1 amide bonds. The van der Waals surface area contributed by atoms with E-state index in [2.05, 4.69) is 10.3 Å². The fourth-order valence-electron chi connectivity index (χ4n) is 2.94. The second kappa shape index (κ2) is 9.32. The second-order valence-electron chi connectivity index (χ2n) is 6.50. The summed E-state index contributed by atoms with van der Waals surface area (Å²) in [5.41, 5.74) is 2.07. The Balaban J connectivity index is 1.46. The van der Waals surface area contributed by atoms with Gasteiger partial charge in [0.25, 0.3) is 5.91 Å². The molecule has 4 rings (SSSR count). The van der Waals surface area contributed by atoms with Crippen LogP contribution in [-0.2, 0) is 0 Å². The van der Waals surface area contributed by atoms with Crippen molar-refractivity contribution < 1.29 is 19.0 Å². The van der Waals surface area contributed by atoms with Gasteiger partial charge in [0.1, 0.15) is 23.0 Å². The Morgan fingerprint density at radius 1 is 0.871 bits per heavy atom. The molecule has 0 unspecified atom stereocenters. The first-order valence-electron chi connectivity index (χ1n) is 9.48. The molecule has 31 heavy (non-hydrogen) atoms. The maximum atomic E-state index is 12.7. The molecular weight excluding hydrogens is 412 g/mol. The van der Waals surface area contributed by atoms with Crippen LogP contribution in [0.5, 0.6) is 23.0 Å². The molecule has 4 aromatic rings. The Bertz CT molecular complexity index is 1170. The average Bonchev–Trinajstić information content (AvgIpc) is 3.28. The number of aromatic nitrogens is 1. The van der Waals surface area contributed by atoms with Gasteiger partial charge in [-0.15, -0.1) is 11.3 Å². The molecule has 0 saturated carbocycles. The van der Waals surface area contributed by atoms with Crippen LogP contribution in [0.3, 0.4) is 0 Å². The Morgan fingerprint density at radius 2 is 1.58 bits per heavy atom. The molecule has 1 aromatic heterocycles. The van der Waals surface area contributed by atoms with Crippen LogP contribution in [0.15, 0.2) is 78.2 Å². The van der Waals surface area contributed by atoms with Gasteiger partial charge in [-0.25, -0.2) is 4.98 Å². The molecular formula is C24H20N2O4S. The summed E-state index contributed by atoms with van der Waals surface area (Å²) in [6, 6.07) is 22.3. The van der Waals surface area contributed by atoms with Gasteiger partial charge in [-0.3, -0.25) is 10.1 Å². The summed E-state index contributed by atoms with van der Waals surface area (Å²) in [4.78, 5) is 17.3. The van der Waals surface area contributed by atoms with Crippen LogP contribution >= 0.6 is 11.3 Å². The molecule has 0 atom stereocenters. The number of amides is 1. The van der Waals surface area contributed by atoms with Gasteiger partial charge in [0, 0.05) is 10.9 Å². The molecule has 0 radical (unpaired) electrons. The largest absolute Gasteiger partial charge is 0.497 e. The molecule has 0 bridgehead atoms. The predicted molar refractivity (Wildman–Crippen MR) is 122 cm³/mol. The molecule has 0 fully saturated rings. The molecule has 3 aromatic carbocycles. The number of methoxy groups -OCH3 is 2. The van der Waals surface area contributed by atoms with Gasteiger partial charge in [0.2, 0.25) is 0 Å². The lowest BCUT2D eigenvalue weighted by atomic mass is 10.1. The van der Waals surface area contributed by atoms with E-state index in [-0.39, 0.29) is 5.91 Å². The summed E-state index contributed by atoms with van der Waals surface area (Å²) in [5.74, 6) is 2.24. The van der Waals surface area contributed by atoms with E-state index in [1.54, 1.807) is 25.3 Å². The summed E-state index contributed by atoms with van der Waals surface area (Å²) in [6.45, 7) is 0. The van der Waals surface area contributed by atoms with E-state index in [1.165, 1.54) is 18.4 Å². The van der Waals surface area contributed by atoms with Crippen molar-refractivity contribution in [1.29, 1.82) is 0 Å². The number of anilines is 1. The van der Waals surface area contributed by atoms with Crippen LogP contribution in [0.4, 0.5) is 5.13 Å². The van der Waals surface area contributed by atoms with E-state index in [0.717, 1.165) is 22.8 Å². The van der Waals surface area contributed by atoms with Crippen molar-refractivity contribution in [2.75, 3.05) is 19.5 Å². The van der Waals surface area contributed by atoms with E-state index in [9.17, 15) is 4.79 Å². The van der Waals surface area contributed by atoms with Gasteiger partial charge in [0.05, 0.1) is 25.5 Å². The zero-order valence-electron chi connectivity index (χ0n) is 17.0. The Morgan fingerprint density at radius 3 is 2.29 bits per heavy atom. The van der Waals surface area contributed by atoms with Crippen LogP contribution in [0, 0.1) is 0 Å². The van der Waals surface area contributed by atoms with E-state index in [4.69, 9.17) is 14.2 Å². The zero-order valence-corrected chi connectivity index (χ0v) is 17.8. The highest BCUT2D eigenvalue weighted by molar-refractivity contribution is 7.14. The number of benzene rings is 3. The van der Waals surface area contributed by atoms with Gasteiger partial charge in [-0.2, -0.15) is 0 Å². The first kappa shape index (κ1) is 20.4. The third-order valence-electron chi connectivity index (χ3n) is 4.50. The third kappa shape index (κ3) is 4.84. The normalized spacial score (nSPS) is 10.4. The quantitative estimate of drug-likeness (QED) is 0.395. The van der Waals surface area contributed by atoms with Crippen LogP contribution in [0.2, 0.25) is 0 Å². The SMILES string of the molecule is COc1ccc(OC)c(C(=O)Nc2nc(-c3ccc(Oc4ccccc4)cc3)cs2)c1. The summed E-state index contributed by atoms with van der Waals surface area (Å²) in [5, 5.41) is 5.22. The number of carbonyl (C=O) groups is 1. The van der Waals surface area contributed by atoms with Crippen LogP contribution in [0.1, 0.15) is 10.4 Å². The molecule has 0 saturated heterocycles. The lowest BCUT2D eigenvalue weighted by molar-refractivity contribution is 0.102. The van der Waals surface area contributed by atoms with Gasteiger partial charge in [0.15, 0.2) is 5.13 Å². The molecule has 0 aliphatic rings. The molecule has 0 spiro atoms. The van der Waals surface area contributed by atoms with Crippen molar-refractivity contribution >= 4 is 22.4 Å². The van der Waals surface area contributed by atoms with Crippen molar-refractivity contribution in [3.8, 4) is 34.3 Å². The molecule has 1 N–H and O–H groups in total. The van der Waals surface area contributed by atoms with Crippen LogP contribution in [-0.4, -0.2) is 25.1 Å². The van der Waals surface area contributed by atoms with E-state index in [1.807, 2.05) is 60.0 Å². The minimum atomic E-state index is -0.316. The molecule has 1 heterocycles. The number of rotatable bonds is 7. The fraction of sp³-hybridized carbons (Fsp3) is 0.0833. The van der Waals surface area contributed by atoms with E-state index in [0.29, 0.717) is 22.2 Å². The molecule has 0 aliphatic heterocycles. The maximum absolute atomic E-state index is 12.7.